The van der Waals surface area contributed by atoms with E-state index in [0.29, 0.717) is 0 Å². The van der Waals surface area contributed by atoms with Gasteiger partial charge in [0, 0.05) is 43.4 Å². The predicted octanol–water partition coefficient (Wildman–Crippen LogP) is 2.07. The van der Waals surface area contributed by atoms with Crippen molar-refractivity contribution >= 4 is 11.3 Å². The summed E-state index contributed by atoms with van der Waals surface area (Å²) < 4.78 is 0. The third kappa shape index (κ3) is 4.70. The molecule has 5 heteroatoms. The zero-order chi connectivity index (χ0) is 13.5. The van der Waals surface area contributed by atoms with E-state index in [0.717, 1.165) is 31.9 Å². The number of hydrogen-bond donors (Lipinski definition) is 1. The Kier molecular flexibility index (Phi) is 5.44. The third-order valence-corrected chi connectivity index (χ3v) is 3.90. The monoisotopic (exact) mass is 276 g/mol. The fourth-order valence-electron chi connectivity index (χ4n) is 1.81. The van der Waals surface area contributed by atoms with Crippen molar-refractivity contribution in [2.45, 2.75) is 20.0 Å². The molecular weight excluding hydrogens is 256 g/mol. The summed E-state index contributed by atoms with van der Waals surface area (Å²) in [4.78, 5) is 12.0. The minimum absolute atomic E-state index is 0.876. The summed E-state index contributed by atoms with van der Waals surface area (Å²) in [5.74, 6) is 0. The van der Waals surface area contributed by atoms with E-state index in [1.165, 1.54) is 10.4 Å². The Morgan fingerprint density at radius 2 is 2.32 bits per heavy atom. The summed E-state index contributed by atoms with van der Waals surface area (Å²) in [7, 11) is 2.14. The summed E-state index contributed by atoms with van der Waals surface area (Å²) in [6.45, 7) is 5.92. The highest BCUT2D eigenvalue weighted by Gasteiger charge is 2.05. The molecule has 0 saturated carbocycles. The maximum Gasteiger partial charge on any atom is 0.0798 e. The lowest BCUT2D eigenvalue weighted by molar-refractivity contribution is 0.326. The second-order valence-electron chi connectivity index (χ2n) is 4.64. The van der Waals surface area contributed by atoms with E-state index in [2.05, 4.69) is 40.2 Å². The molecule has 19 heavy (non-hydrogen) atoms. The summed E-state index contributed by atoms with van der Waals surface area (Å²) >= 11 is 1.73. The highest BCUT2D eigenvalue weighted by molar-refractivity contribution is 7.09. The fourth-order valence-corrected chi connectivity index (χ4v) is 2.66. The number of rotatable bonds is 7. The molecule has 0 spiro atoms. The van der Waals surface area contributed by atoms with Gasteiger partial charge in [0.05, 0.1) is 11.2 Å². The molecule has 0 atom stereocenters. The van der Waals surface area contributed by atoms with Crippen molar-refractivity contribution in [2.75, 3.05) is 20.1 Å². The first kappa shape index (κ1) is 14.1. The van der Waals surface area contributed by atoms with Gasteiger partial charge in [0.1, 0.15) is 0 Å². The molecule has 2 aromatic rings. The van der Waals surface area contributed by atoms with E-state index in [-0.39, 0.29) is 0 Å². The fraction of sp³-hybridized carbons (Fsp3) is 0.429. The van der Waals surface area contributed by atoms with E-state index < -0.39 is 0 Å². The molecule has 0 bridgehead atoms. The van der Waals surface area contributed by atoms with Gasteiger partial charge in [-0.15, -0.1) is 11.3 Å². The zero-order valence-electron chi connectivity index (χ0n) is 11.5. The van der Waals surface area contributed by atoms with Gasteiger partial charge < -0.3 is 5.32 Å². The number of hydrogen-bond acceptors (Lipinski definition) is 5. The third-order valence-electron chi connectivity index (χ3n) is 2.98. The second kappa shape index (κ2) is 7.33. The highest BCUT2D eigenvalue weighted by atomic mass is 32.1. The number of aromatic nitrogens is 2. The van der Waals surface area contributed by atoms with Crippen molar-refractivity contribution in [1.82, 2.24) is 20.2 Å². The standard InChI is InChI=1S/C14H20N4S/c1-12-14(19-11-17-12)10-18(2)7-6-16-9-13-4-3-5-15-8-13/h3-5,8,11,16H,6-7,9-10H2,1-2H3. The van der Waals surface area contributed by atoms with Crippen LogP contribution in [-0.4, -0.2) is 35.0 Å². The van der Waals surface area contributed by atoms with E-state index in [4.69, 9.17) is 0 Å². The molecule has 2 heterocycles. The molecule has 1 N–H and O–H groups in total. The van der Waals surface area contributed by atoms with E-state index in [1.807, 2.05) is 17.8 Å². The van der Waals surface area contributed by atoms with Crippen LogP contribution in [0.1, 0.15) is 16.1 Å². The maximum absolute atomic E-state index is 4.28. The number of nitrogens with one attached hydrogen (secondary N) is 1. The number of likely N-dealkylation sites (N-methyl/N-ethyl adjacent to an activating group) is 1. The van der Waals surface area contributed by atoms with E-state index in [1.54, 1.807) is 17.5 Å². The summed E-state index contributed by atoms with van der Waals surface area (Å²) in [5, 5.41) is 3.43. The Morgan fingerprint density at radius 3 is 3.00 bits per heavy atom. The summed E-state index contributed by atoms with van der Waals surface area (Å²) in [6, 6.07) is 4.06. The van der Waals surface area contributed by atoms with Crippen LogP contribution in [0.4, 0.5) is 0 Å². The van der Waals surface area contributed by atoms with Gasteiger partial charge in [0.15, 0.2) is 0 Å². The molecule has 4 nitrogen and oxygen atoms in total. The first-order chi connectivity index (χ1) is 9.25. The van der Waals surface area contributed by atoms with Crippen LogP contribution in [0.2, 0.25) is 0 Å². The molecule has 0 amide bonds. The normalized spacial score (nSPS) is 11.1. The van der Waals surface area contributed by atoms with Crippen molar-refractivity contribution in [3.05, 3.63) is 46.2 Å². The van der Waals surface area contributed by atoms with Crippen molar-refractivity contribution in [3.63, 3.8) is 0 Å². The van der Waals surface area contributed by atoms with Crippen LogP contribution in [0.15, 0.2) is 30.0 Å². The van der Waals surface area contributed by atoms with Gasteiger partial charge in [0.25, 0.3) is 0 Å². The first-order valence-electron chi connectivity index (χ1n) is 6.43. The van der Waals surface area contributed by atoms with Crippen molar-refractivity contribution < 1.29 is 0 Å². The van der Waals surface area contributed by atoms with Crippen molar-refractivity contribution in [2.24, 2.45) is 0 Å². The van der Waals surface area contributed by atoms with Gasteiger partial charge in [-0.25, -0.2) is 4.98 Å². The molecule has 0 aliphatic heterocycles. The Bertz CT molecular complexity index is 483. The average Bonchev–Trinajstić information content (AvgIpc) is 2.82. The quantitative estimate of drug-likeness (QED) is 0.786. The number of thiazole rings is 1. The molecule has 0 radical (unpaired) electrons. The largest absolute Gasteiger partial charge is 0.311 e. The minimum atomic E-state index is 0.876. The number of nitrogens with zero attached hydrogens (tertiary/aromatic N) is 3. The molecule has 0 aromatic carbocycles. The average molecular weight is 276 g/mol. The van der Waals surface area contributed by atoms with Crippen LogP contribution in [0.3, 0.4) is 0 Å². The van der Waals surface area contributed by atoms with E-state index >= 15 is 0 Å². The summed E-state index contributed by atoms with van der Waals surface area (Å²) in [5.41, 5.74) is 4.29. The molecule has 2 aromatic heterocycles. The lowest BCUT2D eigenvalue weighted by Gasteiger charge is -2.16. The van der Waals surface area contributed by atoms with Crippen LogP contribution >= 0.6 is 11.3 Å². The molecule has 0 unspecified atom stereocenters. The highest BCUT2D eigenvalue weighted by Crippen LogP contribution is 2.13. The van der Waals surface area contributed by atoms with Gasteiger partial charge in [-0.05, 0) is 25.6 Å². The Labute approximate surface area is 118 Å². The lowest BCUT2D eigenvalue weighted by Crippen LogP contribution is -2.28. The van der Waals surface area contributed by atoms with Gasteiger partial charge in [-0.3, -0.25) is 9.88 Å². The molecule has 0 fully saturated rings. The van der Waals surface area contributed by atoms with Crippen LogP contribution in [0, 0.1) is 6.92 Å². The maximum atomic E-state index is 4.28. The Balaban J connectivity index is 1.64. The predicted molar refractivity (Wildman–Crippen MR) is 79.1 cm³/mol. The SMILES string of the molecule is Cc1ncsc1CN(C)CCNCc1cccnc1. The van der Waals surface area contributed by atoms with E-state index in [9.17, 15) is 0 Å². The van der Waals surface area contributed by atoms with Gasteiger partial charge >= 0.3 is 0 Å². The second-order valence-corrected chi connectivity index (χ2v) is 5.58. The Morgan fingerprint density at radius 1 is 1.42 bits per heavy atom. The van der Waals surface area contributed by atoms with Crippen LogP contribution in [0.5, 0.6) is 0 Å². The molecule has 0 saturated heterocycles. The Hall–Kier alpha value is -1.30. The molecule has 2 rings (SSSR count). The topological polar surface area (TPSA) is 41.1 Å². The number of aryl methyl sites for hydroxylation is 1. The van der Waals surface area contributed by atoms with Gasteiger partial charge in [-0.2, -0.15) is 0 Å². The van der Waals surface area contributed by atoms with Gasteiger partial charge in [-0.1, -0.05) is 6.07 Å². The van der Waals surface area contributed by atoms with Crippen molar-refractivity contribution in [3.8, 4) is 0 Å². The zero-order valence-corrected chi connectivity index (χ0v) is 12.3. The smallest absolute Gasteiger partial charge is 0.0798 e. The molecule has 102 valence electrons. The molecular formula is C14H20N4S. The molecule has 0 aliphatic carbocycles. The minimum Gasteiger partial charge on any atom is -0.311 e. The van der Waals surface area contributed by atoms with Crippen molar-refractivity contribution in [1.29, 1.82) is 0 Å². The first-order valence-corrected chi connectivity index (χ1v) is 7.31. The van der Waals surface area contributed by atoms with Gasteiger partial charge in [0.2, 0.25) is 0 Å². The summed E-state index contributed by atoms with van der Waals surface area (Å²) in [6.07, 6.45) is 3.70. The lowest BCUT2D eigenvalue weighted by atomic mass is 10.3. The van der Waals surface area contributed by atoms with Crippen LogP contribution < -0.4 is 5.32 Å². The molecule has 0 aliphatic rings. The number of pyridine rings is 1. The van der Waals surface area contributed by atoms with Crippen LogP contribution in [-0.2, 0) is 13.1 Å². The van der Waals surface area contributed by atoms with Crippen LogP contribution in [0.25, 0.3) is 0 Å².